The summed E-state index contributed by atoms with van der Waals surface area (Å²) in [6, 6.07) is 8.69. The molecule has 39 heavy (non-hydrogen) atoms. The Morgan fingerprint density at radius 2 is 1.87 bits per heavy atom. The summed E-state index contributed by atoms with van der Waals surface area (Å²) in [7, 11) is 0. The number of alkyl halides is 3. The second-order valence-corrected chi connectivity index (χ2v) is 9.95. The summed E-state index contributed by atoms with van der Waals surface area (Å²) in [5.74, 6) is -0.440. The zero-order valence-electron chi connectivity index (χ0n) is 21.0. The third-order valence-electron chi connectivity index (χ3n) is 6.93. The number of carbonyl (C=O) groups excluding carboxylic acids is 1. The number of nitrogens with zero attached hydrogens (tertiary/aromatic N) is 6. The Morgan fingerprint density at radius 1 is 1.10 bits per heavy atom. The largest absolute Gasteiger partial charge is 0.415 e. The number of carbonyl (C=O) groups is 1. The van der Waals surface area contributed by atoms with Crippen LogP contribution in [0.15, 0.2) is 54.4 Å². The van der Waals surface area contributed by atoms with Crippen molar-refractivity contribution in [1.82, 2.24) is 30.2 Å². The molecule has 200 valence electrons. The van der Waals surface area contributed by atoms with Crippen molar-refractivity contribution in [1.29, 1.82) is 0 Å². The average molecular weight is 539 g/mol. The van der Waals surface area contributed by atoms with Crippen LogP contribution in [-0.4, -0.2) is 42.9 Å². The number of amides is 1. The molecule has 3 aromatic heterocycles. The number of rotatable bonds is 4. The van der Waals surface area contributed by atoms with Crippen molar-refractivity contribution in [2.45, 2.75) is 44.9 Å². The predicted molar refractivity (Wildman–Crippen MR) is 135 cm³/mol. The molecule has 2 aliphatic heterocycles. The van der Waals surface area contributed by atoms with Crippen molar-refractivity contribution < 1.29 is 22.4 Å². The maximum atomic E-state index is 14.4. The second kappa shape index (κ2) is 8.56. The van der Waals surface area contributed by atoms with Gasteiger partial charge in [-0.3, -0.25) is 9.80 Å². The van der Waals surface area contributed by atoms with Crippen LogP contribution in [0.25, 0.3) is 22.6 Å². The highest BCUT2D eigenvalue weighted by Gasteiger charge is 2.47. The number of hydrogen-bond donors (Lipinski definition) is 2. The summed E-state index contributed by atoms with van der Waals surface area (Å²) in [6.07, 6.45) is -2.05. The highest BCUT2D eigenvalue weighted by Crippen LogP contribution is 2.44. The topological polar surface area (TPSA) is 101 Å². The van der Waals surface area contributed by atoms with Crippen LogP contribution in [0.5, 0.6) is 0 Å². The molecule has 6 rings (SSSR count). The summed E-state index contributed by atoms with van der Waals surface area (Å²) < 4.78 is 56.8. The number of fused-ring (bicyclic) bond motifs is 2. The van der Waals surface area contributed by atoms with Gasteiger partial charge < -0.3 is 5.32 Å². The third-order valence-corrected chi connectivity index (χ3v) is 6.93. The molecule has 1 atom stereocenters. The normalized spacial score (nSPS) is 18.4. The van der Waals surface area contributed by atoms with E-state index in [0.717, 1.165) is 6.20 Å². The Hall–Kier alpha value is -4.39. The first-order chi connectivity index (χ1) is 18.4. The lowest BCUT2D eigenvalue weighted by Gasteiger charge is -2.24. The number of pyridine rings is 1. The van der Waals surface area contributed by atoms with Crippen molar-refractivity contribution >= 4 is 28.6 Å². The van der Waals surface area contributed by atoms with E-state index < -0.39 is 29.0 Å². The molecule has 1 amide bonds. The molecule has 4 aromatic rings. The standard InChI is InChI=1S/C26H22F4N8O/c1-13-16(26(28,29)30)12-38(35-13)23-18-20(34-24(39)25(18,2)3)32-21(33-23)19-15-8-6-10-31-22(15)37(36-19)11-14-7-4-5-9-17(14)27/h4-10,12-13,35H,11H2,1-3H3,(H,32,33,34,39). The lowest BCUT2D eigenvalue weighted by Crippen LogP contribution is -2.38. The fourth-order valence-corrected chi connectivity index (χ4v) is 4.85. The minimum atomic E-state index is -4.56. The van der Waals surface area contributed by atoms with Crippen LogP contribution < -0.4 is 15.8 Å². The molecule has 1 aromatic carbocycles. The monoisotopic (exact) mass is 538 g/mol. The molecule has 5 heterocycles. The van der Waals surface area contributed by atoms with Gasteiger partial charge >= 0.3 is 6.18 Å². The number of hydrogen-bond acceptors (Lipinski definition) is 7. The summed E-state index contributed by atoms with van der Waals surface area (Å²) in [4.78, 5) is 26.4. The number of aromatic nitrogens is 5. The van der Waals surface area contributed by atoms with Crippen molar-refractivity contribution in [2.75, 3.05) is 10.3 Å². The van der Waals surface area contributed by atoms with E-state index in [-0.39, 0.29) is 35.6 Å². The molecule has 0 fully saturated rings. The smallest absolute Gasteiger partial charge is 0.309 e. The molecule has 13 heteroatoms. The van der Waals surface area contributed by atoms with E-state index in [0.29, 0.717) is 22.2 Å². The van der Waals surface area contributed by atoms with Crippen LogP contribution in [-0.2, 0) is 16.8 Å². The lowest BCUT2D eigenvalue weighted by molar-refractivity contribution is -0.119. The van der Waals surface area contributed by atoms with E-state index >= 15 is 0 Å². The van der Waals surface area contributed by atoms with Gasteiger partial charge in [0.05, 0.1) is 34.5 Å². The number of hydrazine groups is 1. The molecule has 0 aliphatic carbocycles. The highest BCUT2D eigenvalue weighted by atomic mass is 19.4. The van der Waals surface area contributed by atoms with Crippen molar-refractivity contribution in [3.63, 3.8) is 0 Å². The minimum absolute atomic E-state index is 0.0651. The van der Waals surface area contributed by atoms with Crippen LogP contribution in [0, 0.1) is 5.82 Å². The Balaban J connectivity index is 1.54. The van der Waals surface area contributed by atoms with E-state index in [1.165, 1.54) is 22.7 Å². The second-order valence-electron chi connectivity index (χ2n) is 9.95. The lowest BCUT2D eigenvalue weighted by atomic mass is 9.87. The van der Waals surface area contributed by atoms with E-state index in [1.807, 2.05) is 0 Å². The van der Waals surface area contributed by atoms with Crippen LogP contribution in [0.3, 0.4) is 0 Å². The first kappa shape index (κ1) is 24.9. The summed E-state index contributed by atoms with van der Waals surface area (Å²) in [5.41, 5.74) is 2.35. The molecule has 0 spiro atoms. The van der Waals surface area contributed by atoms with Gasteiger partial charge in [-0.05, 0) is 39.0 Å². The molecular formula is C26H22F4N8O. The van der Waals surface area contributed by atoms with Gasteiger partial charge in [-0.2, -0.15) is 18.3 Å². The van der Waals surface area contributed by atoms with Gasteiger partial charge in [-0.1, -0.05) is 18.2 Å². The van der Waals surface area contributed by atoms with E-state index in [1.54, 1.807) is 50.4 Å². The molecule has 0 saturated carbocycles. The molecule has 0 radical (unpaired) electrons. The van der Waals surface area contributed by atoms with Gasteiger partial charge in [-0.25, -0.2) is 29.4 Å². The van der Waals surface area contributed by atoms with Crippen molar-refractivity contribution in [3.8, 4) is 11.5 Å². The molecule has 1 unspecified atom stereocenters. The molecule has 2 N–H and O–H groups in total. The maximum absolute atomic E-state index is 14.4. The Labute approximate surface area is 219 Å². The molecule has 2 aliphatic rings. The number of anilines is 2. The maximum Gasteiger partial charge on any atom is 0.415 e. The first-order valence-electron chi connectivity index (χ1n) is 12.1. The average Bonchev–Trinajstić information content (AvgIpc) is 3.52. The summed E-state index contributed by atoms with van der Waals surface area (Å²) in [5, 5.41) is 9.09. The number of nitrogens with one attached hydrogen (secondary N) is 2. The summed E-state index contributed by atoms with van der Waals surface area (Å²) in [6.45, 7) is 4.76. The molecule has 0 saturated heterocycles. The first-order valence-corrected chi connectivity index (χ1v) is 12.1. The predicted octanol–water partition coefficient (Wildman–Crippen LogP) is 4.46. The van der Waals surface area contributed by atoms with Crippen LogP contribution in [0.4, 0.5) is 29.2 Å². The fraction of sp³-hybridized carbons (Fsp3) is 0.269. The van der Waals surface area contributed by atoms with Gasteiger partial charge in [0.15, 0.2) is 17.3 Å². The summed E-state index contributed by atoms with van der Waals surface area (Å²) >= 11 is 0. The zero-order chi connectivity index (χ0) is 27.7. The SMILES string of the molecule is CC1NN(c2nc(-c3nn(Cc4ccccc4F)c4ncccc34)nc3c2C(C)(C)C(=O)N3)C=C1C(F)(F)F. The fourth-order valence-electron chi connectivity index (χ4n) is 4.85. The van der Waals surface area contributed by atoms with Gasteiger partial charge in [0.25, 0.3) is 0 Å². The number of halogens is 4. The third kappa shape index (κ3) is 4.00. The Bertz CT molecular complexity index is 1680. The Kier molecular flexibility index (Phi) is 5.47. The van der Waals surface area contributed by atoms with Crippen molar-refractivity contribution in [2.24, 2.45) is 0 Å². The van der Waals surface area contributed by atoms with Gasteiger partial charge in [0, 0.05) is 18.0 Å². The van der Waals surface area contributed by atoms with E-state index in [4.69, 9.17) is 0 Å². The molecular weight excluding hydrogens is 516 g/mol. The van der Waals surface area contributed by atoms with Crippen LogP contribution in [0.1, 0.15) is 31.9 Å². The van der Waals surface area contributed by atoms with E-state index in [9.17, 15) is 22.4 Å². The Morgan fingerprint density at radius 3 is 2.59 bits per heavy atom. The quantitative estimate of drug-likeness (QED) is 0.370. The van der Waals surface area contributed by atoms with Crippen LogP contribution in [0.2, 0.25) is 0 Å². The van der Waals surface area contributed by atoms with E-state index in [2.05, 4.69) is 30.8 Å². The minimum Gasteiger partial charge on any atom is -0.309 e. The zero-order valence-corrected chi connectivity index (χ0v) is 21.0. The molecule has 9 nitrogen and oxygen atoms in total. The van der Waals surface area contributed by atoms with Gasteiger partial charge in [-0.15, -0.1) is 0 Å². The van der Waals surface area contributed by atoms with Crippen LogP contribution >= 0.6 is 0 Å². The van der Waals surface area contributed by atoms with Gasteiger partial charge in [0.1, 0.15) is 17.3 Å². The van der Waals surface area contributed by atoms with Crippen molar-refractivity contribution in [3.05, 3.63) is 71.3 Å². The molecule has 0 bridgehead atoms. The highest BCUT2D eigenvalue weighted by molar-refractivity contribution is 6.06. The van der Waals surface area contributed by atoms with Gasteiger partial charge in [0.2, 0.25) is 5.91 Å². The number of benzene rings is 1.